The first-order chi connectivity index (χ1) is 30.9. The molecule has 0 aliphatic carbocycles. The van der Waals surface area contributed by atoms with Crippen LogP contribution in [-0.4, -0.2) is 19.3 Å². The molecule has 0 aliphatic heterocycles. The third-order valence-electron chi connectivity index (χ3n) is 13.5. The zero-order valence-corrected chi connectivity index (χ0v) is 42.8. The van der Waals surface area contributed by atoms with E-state index >= 15 is 0 Å². The summed E-state index contributed by atoms with van der Waals surface area (Å²) in [5.74, 6) is 0.874. The molecular weight excluding hydrogens is 986 g/mol. The van der Waals surface area contributed by atoms with Gasteiger partial charge in [-0.05, 0) is 88.3 Å². The summed E-state index contributed by atoms with van der Waals surface area (Å²) < 4.78 is 4.41. The molecule has 6 heteroatoms. The molecule has 0 atom stereocenters. The minimum Gasteiger partial charge on any atom is -0.358 e. The van der Waals surface area contributed by atoms with Gasteiger partial charge in [0.05, 0.1) is 5.69 Å². The van der Waals surface area contributed by atoms with E-state index in [1.807, 2.05) is 6.20 Å². The fourth-order valence-corrected chi connectivity index (χ4v) is 9.88. The second-order valence-corrected chi connectivity index (χ2v) is 20.8. The maximum Gasteiger partial charge on any atom is 2.00 e. The third-order valence-corrected chi connectivity index (χ3v) is 13.5. The van der Waals surface area contributed by atoms with Gasteiger partial charge in [0.25, 0.3) is 0 Å². The number of rotatable bonds is 9. The SMILES string of the molecule is Cc1nn(-c2[c-]c(N(c3[c-]c4c(c(C(C)(C)C)c3)c3cc(C(C)(C)c5ccccc5)ccc3n4-c3cc(C(C)(C)C)ccn3)c3ccccc3)ccc2)c(C)c1C(C)(C)c1ccccc1.[Pt+2]. The number of hydrogen-bond donors (Lipinski definition) is 0. The third kappa shape index (κ3) is 8.25. The zero-order valence-electron chi connectivity index (χ0n) is 40.5. The van der Waals surface area contributed by atoms with Crippen LogP contribution in [0.15, 0.2) is 152 Å². The molecule has 3 heterocycles. The molecule has 0 fully saturated rings. The van der Waals surface area contributed by atoms with E-state index in [0.29, 0.717) is 0 Å². The van der Waals surface area contributed by atoms with Crippen molar-refractivity contribution in [2.24, 2.45) is 0 Å². The minimum atomic E-state index is -0.244. The van der Waals surface area contributed by atoms with Crippen molar-refractivity contribution >= 4 is 38.9 Å². The maximum absolute atomic E-state index is 5.19. The van der Waals surface area contributed by atoms with E-state index in [2.05, 4.69) is 255 Å². The number of benzene rings is 6. The summed E-state index contributed by atoms with van der Waals surface area (Å²) in [6, 6.07) is 60.3. The first-order valence-corrected chi connectivity index (χ1v) is 22.9. The zero-order chi connectivity index (χ0) is 46.1. The predicted octanol–water partition coefficient (Wildman–Crippen LogP) is 15.3. The summed E-state index contributed by atoms with van der Waals surface area (Å²) >= 11 is 0. The average molecular weight is 1050 g/mol. The molecule has 0 N–H and O–H groups in total. The van der Waals surface area contributed by atoms with E-state index < -0.39 is 0 Å². The van der Waals surface area contributed by atoms with E-state index in [1.54, 1.807) is 0 Å². The fraction of sp³-hybridized carbons (Fsp3) is 0.267. The van der Waals surface area contributed by atoms with Crippen molar-refractivity contribution in [1.29, 1.82) is 0 Å². The van der Waals surface area contributed by atoms with Crippen LogP contribution in [-0.2, 0) is 42.7 Å². The molecule has 3 aromatic heterocycles. The summed E-state index contributed by atoms with van der Waals surface area (Å²) in [6.07, 6.45) is 1.96. The summed E-state index contributed by atoms with van der Waals surface area (Å²) in [4.78, 5) is 7.40. The van der Waals surface area contributed by atoms with Crippen molar-refractivity contribution in [3.8, 4) is 11.5 Å². The van der Waals surface area contributed by atoms with Crippen molar-refractivity contribution < 1.29 is 21.1 Å². The number of pyridine rings is 1. The number of hydrogen-bond acceptors (Lipinski definition) is 3. The quantitative estimate of drug-likeness (QED) is 0.135. The molecule has 5 nitrogen and oxygen atoms in total. The molecule has 0 radical (unpaired) electrons. The van der Waals surface area contributed by atoms with Crippen LogP contribution in [0.2, 0.25) is 0 Å². The Hall–Kier alpha value is -6.03. The molecule has 0 bridgehead atoms. The van der Waals surface area contributed by atoms with Crippen LogP contribution in [0.25, 0.3) is 33.3 Å². The molecule has 9 aromatic rings. The van der Waals surface area contributed by atoms with Gasteiger partial charge in [0, 0.05) is 39.5 Å². The summed E-state index contributed by atoms with van der Waals surface area (Å²) in [5.41, 5.74) is 14.6. The van der Waals surface area contributed by atoms with E-state index in [0.717, 1.165) is 51.0 Å². The number of aryl methyl sites for hydroxylation is 1. The Morgan fingerprint density at radius 1 is 0.545 bits per heavy atom. The molecule has 0 unspecified atom stereocenters. The molecule has 6 aromatic carbocycles. The summed E-state index contributed by atoms with van der Waals surface area (Å²) in [7, 11) is 0. The van der Waals surface area contributed by atoms with Gasteiger partial charge in [0.15, 0.2) is 0 Å². The molecule has 0 saturated carbocycles. The van der Waals surface area contributed by atoms with Crippen LogP contribution in [0.1, 0.15) is 114 Å². The Bertz CT molecular complexity index is 3180. The maximum atomic E-state index is 5.19. The summed E-state index contributed by atoms with van der Waals surface area (Å²) in [5, 5.41) is 7.57. The van der Waals surface area contributed by atoms with Gasteiger partial charge in [0.2, 0.25) is 0 Å². The predicted molar refractivity (Wildman–Crippen MR) is 272 cm³/mol. The van der Waals surface area contributed by atoms with Crippen molar-refractivity contribution in [3.63, 3.8) is 0 Å². The Balaban J connectivity index is 0.00000592. The molecule has 0 spiro atoms. The van der Waals surface area contributed by atoms with Gasteiger partial charge in [-0.3, -0.25) is 4.68 Å². The number of fused-ring (bicyclic) bond motifs is 3. The Kier molecular flexibility index (Phi) is 12.2. The molecule has 336 valence electrons. The van der Waals surface area contributed by atoms with Crippen LogP contribution in [0, 0.1) is 26.0 Å². The van der Waals surface area contributed by atoms with E-state index in [-0.39, 0.29) is 42.7 Å². The molecule has 0 saturated heterocycles. The van der Waals surface area contributed by atoms with Gasteiger partial charge in [0.1, 0.15) is 5.82 Å². The van der Waals surface area contributed by atoms with Crippen molar-refractivity contribution in [3.05, 3.63) is 209 Å². The monoisotopic (exact) mass is 1050 g/mol. The molecule has 0 amide bonds. The normalized spacial score (nSPS) is 12.4. The van der Waals surface area contributed by atoms with Crippen LogP contribution in [0.5, 0.6) is 0 Å². The molecule has 0 aliphatic rings. The molecule has 66 heavy (non-hydrogen) atoms. The van der Waals surface area contributed by atoms with Gasteiger partial charge in [-0.15, -0.1) is 35.9 Å². The Morgan fingerprint density at radius 3 is 1.79 bits per heavy atom. The van der Waals surface area contributed by atoms with Crippen molar-refractivity contribution in [1.82, 2.24) is 19.3 Å². The van der Waals surface area contributed by atoms with Crippen molar-refractivity contribution in [2.45, 2.75) is 105 Å². The smallest absolute Gasteiger partial charge is 0.358 e. The van der Waals surface area contributed by atoms with Gasteiger partial charge >= 0.3 is 21.1 Å². The number of anilines is 3. The topological polar surface area (TPSA) is 38.9 Å². The van der Waals surface area contributed by atoms with E-state index in [1.165, 1.54) is 44.2 Å². The number of para-hydroxylation sites is 1. The summed E-state index contributed by atoms with van der Waals surface area (Å²) in [6.45, 7) is 27.3. The Labute approximate surface area is 406 Å². The first-order valence-electron chi connectivity index (χ1n) is 22.9. The van der Waals surface area contributed by atoms with Gasteiger partial charge < -0.3 is 9.47 Å². The fourth-order valence-electron chi connectivity index (χ4n) is 9.88. The number of aromatic nitrogens is 4. The van der Waals surface area contributed by atoms with Crippen LogP contribution in [0.3, 0.4) is 0 Å². The minimum absolute atomic E-state index is 0. The van der Waals surface area contributed by atoms with Gasteiger partial charge in [-0.1, -0.05) is 183 Å². The molecular formula is C60H61N5Pt. The van der Waals surface area contributed by atoms with E-state index in [9.17, 15) is 0 Å². The average Bonchev–Trinajstić information content (AvgIpc) is 3.79. The standard InChI is InChI=1S/C60H61N5.Pt/c1-40-56(60(11,12)43-25-18-14-19-26-43)41(2)65(62-40)48-30-22-29-47(37-48)63(46-27-20-15-21-28-46)49-38-51(58(6,7)8)55-50-35-45(59(9,10)42-23-16-13-17-24-42)31-32-52(50)64(53(55)39-49)54-36-44(33-34-61-54)57(3,4)5;/h13-36,38H,1-12H3;/q-2;+2. The van der Waals surface area contributed by atoms with E-state index in [4.69, 9.17) is 10.1 Å². The van der Waals surface area contributed by atoms with Crippen LogP contribution >= 0.6 is 0 Å². The van der Waals surface area contributed by atoms with Crippen LogP contribution in [0.4, 0.5) is 17.1 Å². The number of nitrogens with zero attached hydrogens (tertiary/aromatic N) is 5. The van der Waals surface area contributed by atoms with Gasteiger partial charge in [-0.2, -0.15) is 11.2 Å². The second-order valence-electron chi connectivity index (χ2n) is 20.8. The van der Waals surface area contributed by atoms with Crippen LogP contribution < -0.4 is 4.90 Å². The van der Waals surface area contributed by atoms with Gasteiger partial charge in [-0.25, -0.2) is 4.98 Å². The largest absolute Gasteiger partial charge is 2.00 e. The second kappa shape index (κ2) is 17.3. The molecule has 9 rings (SSSR count). The first kappa shape index (κ1) is 46.5. The Morgan fingerprint density at radius 2 is 1.17 bits per heavy atom. The van der Waals surface area contributed by atoms with Crippen molar-refractivity contribution in [2.75, 3.05) is 4.90 Å².